The molecule has 0 aliphatic heterocycles. The minimum Gasteiger partial charge on any atom is -0.352 e. The van der Waals surface area contributed by atoms with E-state index in [0.29, 0.717) is 30.8 Å². The molecule has 1 unspecified atom stereocenters. The van der Waals surface area contributed by atoms with Crippen LogP contribution in [0.4, 0.5) is 0 Å². The molecule has 2 aromatic heterocycles. The molecule has 2 heterocycles. The van der Waals surface area contributed by atoms with Crippen LogP contribution in [0.2, 0.25) is 0 Å². The first kappa shape index (κ1) is 18.1. The summed E-state index contributed by atoms with van der Waals surface area (Å²) in [5, 5.41) is 16.4. The van der Waals surface area contributed by atoms with Gasteiger partial charge in [-0.25, -0.2) is 4.98 Å². The minimum atomic E-state index is -0.220. The van der Waals surface area contributed by atoms with Gasteiger partial charge in [-0.3, -0.25) is 14.7 Å². The molecule has 0 radical (unpaired) electrons. The van der Waals surface area contributed by atoms with Gasteiger partial charge in [0.1, 0.15) is 5.82 Å². The van der Waals surface area contributed by atoms with Gasteiger partial charge in [-0.1, -0.05) is 13.8 Å². The molecule has 0 aliphatic carbocycles. The van der Waals surface area contributed by atoms with Crippen LogP contribution in [0, 0.1) is 12.8 Å². The molecule has 24 heavy (non-hydrogen) atoms. The SMILES string of the molecule is Cc1nc(C(NC(=O)CCCNC(=O)c2ccsc2)C(C)C)n[nH]1. The highest BCUT2D eigenvalue weighted by Gasteiger charge is 2.22. The molecule has 0 saturated heterocycles. The van der Waals surface area contributed by atoms with Gasteiger partial charge in [0.2, 0.25) is 5.91 Å². The normalized spacial score (nSPS) is 12.2. The van der Waals surface area contributed by atoms with Crippen molar-refractivity contribution in [1.82, 2.24) is 25.8 Å². The van der Waals surface area contributed by atoms with Gasteiger partial charge in [-0.2, -0.15) is 16.4 Å². The molecule has 0 fully saturated rings. The Morgan fingerprint density at radius 3 is 2.75 bits per heavy atom. The average molecular weight is 349 g/mol. The molecule has 0 spiro atoms. The number of hydrogen-bond acceptors (Lipinski definition) is 5. The Morgan fingerprint density at radius 2 is 2.17 bits per heavy atom. The van der Waals surface area contributed by atoms with Crippen molar-refractivity contribution in [2.24, 2.45) is 5.92 Å². The summed E-state index contributed by atoms with van der Waals surface area (Å²) in [4.78, 5) is 28.2. The van der Waals surface area contributed by atoms with Crippen molar-refractivity contribution in [2.75, 3.05) is 6.54 Å². The van der Waals surface area contributed by atoms with E-state index >= 15 is 0 Å². The monoisotopic (exact) mass is 349 g/mol. The lowest BCUT2D eigenvalue weighted by Gasteiger charge is -2.19. The highest BCUT2D eigenvalue weighted by Crippen LogP contribution is 2.18. The largest absolute Gasteiger partial charge is 0.352 e. The summed E-state index contributed by atoms with van der Waals surface area (Å²) in [7, 11) is 0. The third-order valence-electron chi connectivity index (χ3n) is 3.53. The molecule has 0 bridgehead atoms. The molecule has 0 aromatic carbocycles. The molecular weight excluding hydrogens is 326 g/mol. The molecule has 7 nitrogen and oxygen atoms in total. The third-order valence-corrected chi connectivity index (χ3v) is 4.21. The quantitative estimate of drug-likeness (QED) is 0.636. The Balaban J connectivity index is 1.74. The number of H-pyrrole nitrogens is 1. The van der Waals surface area contributed by atoms with E-state index in [1.54, 1.807) is 11.4 Å². The van der Waals surface area contributed by atoms with Crippen molar-refractivity contribution in [2.45, 2.75) is 39.7 Å². The van der Waals surface area contributed by atoms with Gasteiger partial charge in [0.15, 0.2) is 5.82 Å². The fourth-order valence-corrected chi connectivity index (χ4v) is 2.86. The molecule has 2 rings (SSSR count). The first-order valence-corrected chi connectivity index (χ1v) is 8.90. The molecule has 8 heteroatoms. The predicted octanol–water partition coefficient (Wildman–Crippen LogP) is 2.20. The number of aromatic amines is 1. The molecule has 130 valence electrons. The third kappa shape index (κ3) is 5.16. The maximum absolute atomic E-state index is 12.1. The van der Waals surface area contributed by atoms with E-state index in [2.05, 4.69) is 25.8 Å². The van der Waals surface area contributed by atoms with Crippen LogP contribution in [0.5, 0.6) is 0 Å². The first-order chi connectivity index (χ1) is 11.5. The number of rotatable bonds is 8. The Labute approximate surface area is 145 Å². The summed E-state index contributed by atoms with van der Waals surface area (Å²) in [5.41, 5.74) is 0.657. The van der Waals surface area contributed by atoms with Gasteiger partial charge in [0.05, 0.1) is 6.04 Å². The van der Waals surface area contributed by atoms with Crippen LogP contribution < -0.4 is 10.6 Å². The van der Waals surface area contributed by atoms with E-state index in [1.165, 1.54) is 11.3 Å². The zero-order chi connectivity index (χ0) is 17.5. The standard InChI is InChI=1S/C16H23N5O2S/c1-10(2)14(15-18-11(3)20-21-15)19-13(22)5-4-7-17-16(23)12-6-8-24-9-12/h6,8-10,14H,4-5,7H2,1-3H3,(H,17,23)(H,19,22)(H,18,20,21). The number of nitrogens with zero attached hydrogens (tertiary/aromatic N) is 2. The van der Waals surface area contributed by atoms with E-state index in [0.717, 1.165) is 5.82 Å². The number of carbonyl (C=O) groups excluding carboxylic acids is 2. The van der Waals surface area contributed by atoms with Gasteiger partial charge >= 0.3 is 0 Å². The summed E-state index contributed by atoms with van der Waals surface area (Å²) in [6.07, 6.45) is 0.927. The molecule has 0 saturated carbocycles. The Bertz CT molecular complexity index is 666. The van der Waals surface area contributed by atoms with Gasteiger partial charge in [0, 0.05) is 23.9 Å². The van der Waals surface area contributed by atoms with Gasteiger partial charge in [0.25, 0.3) is 5.91 Å². The number of hydrogen-bond donors (Lipinski definition) is 3. The maximum Gasteiger partial charge on any atom is 0.252 e. The summed E-state index contributed by atoms with van der Waals surface area (Å²) in [6.45, 7) is 6.31. The van der Waals surface area contributed by atoms with Crippen molar-refractivity contribution < 1.29 is 9.59 Å². The van der Waals surface area contributed by atoms with Crippen LogP contribution in [-0.4, -0.2) is 33.5 Å². The minimum absolute atomic E-state index is 0.0686. The van der Waals surface area contributed by atoms with Crippen molar-refractivity contribution in [3.05, 3.63) is 34.0 Å². The van der Waals surface area contributed by atoms with Crippen molar-refractivity contribution >= 4 is 23.2 Å². The summed E-state index contributed by atoms with van der Waals surface area (Å²) in [6, 6.07) is 1.56. The number of carbonyl (C=O) groups is 2. The Hall–Kier alpha value is -2.22. The highest BCUT2D eigenvalue weighted by atomic mass is 32.1. The van der Waals surface area contributed by atoms with E-state index in [-0.39, 0.29) is 23.8 Å². The zero-order valence-corrected chi connectivity index (χ0v) is 14.9. The average Bonchev–Trinajstić information content (AvgIpc) is 3.20. The van der Waals surface area contributed by atoms with Crippen LogP contribution in [0.1, 0.15) is 54.7 Å². The second-order valence-electron chi connectivity index (χ2n) is 5.94. The fourth-order valence-electron chi connectivity index (χ4n) is 2.22. The molecule has 3 N–H and O–H groups in total. The number of amides is 2. The number of thiophene rings is 1. The topological polar surface area (TPSA) is 99.8 Å². The predicted molar refractivity (Wildman–Crippen MR) is 92.7 cm³/mol. The molecule has 2 aromatic rings. The first-order valence-electron chi connectivity index (χ1n) is 7.96. The summed E-state index contributed by atoms with van der Waals surface area (Å²) < 4.78 is 0. The van der Waals surface area contributed by atoms with Crippen LogP contribution in [0.15, 0.2) is 16.8 Å². The van der Waals surface area contributed by atoms with Crippen molar-refractivity contribution in [3.8, 4) is 0 Å². The van der Waals surface area contributed by atoms with Crippen molar-refractivity contribution in [1.29, 1.82) is 0 Å². The number of nitrogens with one attached hydrogen (secondary N) is 3. The van der Waals surface area contributed by atoms with Crippen LogP contribution in [0.25, 0.3) is 0 Å². The summed E-state index contributed by atoms with van der Waals surface area (Å²) >= 11 is 1.48. The number of aromatic nitrogens is 3. The lowest BCUT2D eigenvalue weighted by Crippen LogP contribution is -2.33. The molecule has 0 aliphatic rings. The highest BCUT2D eigenvalue weighted by molar-refractivity contribution is 7.08. The van der Waals surface area contributed by atoms with Crippen LogP contribution in [0.3, 0.4) is 0 Å². The van der Waals surface area contributed by atoms with Crippen molar-refractivity contribution in [3.63, 3.8) is 0 Å². The number of aryl methyl sites for hydroxylation is 1. The van der Waals surface area contributed by atoms with E-state index in [9.17, 15) is 9.59 Å². The van der Waals surface area contributed by atoms with Gasteiger partial charge in [-0.05, 0) is 30.7 Å². The Morgan fingerprint density at radius 1 is 1.38 bits per heavy atom. The summed E-state index contributed by atoms with van der Waals surface area (Å²) in [5.74, 6) is 1.33. The molecule has 1 atom stereocenters. The zero-order valence-electron chi connectivity index (χ0n) is 14.1. The van der Waals surface area contributed by atoms with E-state index in [4.69, 9.17) is 0 Å². The molecule has 2 amide bonds. The molecular formula is C16H23N5O2S. The smallest absolute Gasteiger partial charge is 0.252 e. The second kappa shape index (κ2) is 8.58. The van der Waals surface area contributed by atoms with Crippen LogP contribution >= 0.6 is 11.3 Å². The van der Waals surface area contributed by atoms with Crippen LogP contribution in [-0.2, 0) is 4.79 Å². The van der Waals surface area contributed by atoms with Gasteiger partial charge in [-0.15, -0.1) is 0 Å². The maximum atomic E-state index is 12.1. The van der Waals surface area contributed by atoms with E-state index in [1.807, 2.05) is 26.2 Å². The van der Waals surface area contributed by atoms with Gasteiger partial charge < -0.3 is 10.6 Å². The Kier molecular flexibility index (Phi) is 6.48. The lowest BCUT2D eigenvalue weighted by atomic mass is 10.0. The fraction of sp³-hybridized carbons (Fsp3) is 0.500. The second-order valence-corrected chi connectivity index (χ2v) is 6.72. The lowest BCUT2D eigenvalue weighted by molar-refractivity contribution is -0.122. The van der Waals surface area contributed by atoms with E-state index < -0.39 is 0 Å².